The highest BCUT2D eigenvalue weighted by Crippen LogP contribution is 2.31. The first-order valence-electron chi connectivity index (χ1n) is 5.15. The summed E-state index contributed by atoms with van der Waals surface area (Å²) in [7, 11) is 0. The summed E-state index contributed by atoms with van der Waals surface area (Å²) in [6.07, 6.45) is 0.760. The van der Waals surface area contributed by atoms with Crippen LogP contribution in [-0.2, 0) is 4.79 Å². The lowest BCUT2D eigenvalue weighted by Crippen LogP contribution is -2.24. The summed E-state index contributed by atoms with van der Waals surface area (Å²) in [5, 5.41) is 5.87. The van der Waals surface area contributed by atoms with Crippen molar-refractivity contribution in [2.45, 2.75) is 13.3 Å². The zero-order valence-corrected chi connectivity index (χ0v) is 10.4. The molecular weight excluding hydrogens is 275 g/mol. The fourth-order valence-electron chi connectivity index (χ4n) is 1.69. The van der Waals surface area contributed by atoms with Crippen LogP contribution in [0.15, 0.2) is 16.6 Å². The molecule has 1 aliphatic heterocycles. The van der Waals surface area contributed by atoms with Crippen LogP contribution in [0.2, 0.25) is 0 Å². The number of benzene rings is 1. The molecule has 0 aromatic heterocycles. The molecule has 0 saturated carbocycles. The monoisotopic (exact) mass is 286 g/mol. The Balaban J connectivity index is 2.37. The van der Waals surface area contributed by atoms with Crippen molar-refractivity contribution < 1.29 is 9.18 Å². The summed E-state index contributed by atoms with van der Waals surface area (Å²) in [5.74, 6) is -0.513. The summed E-state index contributed by atoms with van der Waals surface area (Å²) in [6.45, 7) is 2.53. The van der Waals surface area contributed by atoms with Gasteiger partial charge in [0.15, 0.2) is 0 Å². The number of carbonyl (C=O) groups is 1. The third-order valence-corrected chi connectivity index (χ3v) is 3.33. The first-order chi connectivity index (χ1) is 7.61. The van der Waals surface area contributed by atoms with Crippen molar-refractivity contribution in [1.82, 2.24) is 0 Å². The predicted octanol–water partition coefficient (Wildman–Crippen LogP) is 2.98. The van der Waals surface area contributed by atoms with Gasteiger partial charge in [-0.25, -0.2) is 4.39 Å². The molecule has 0 spiro atoms. The number of hydrogen-bond acceptors (Lipinski definition) is 2. The van der Waals surface area contributed by atoms with E-state index in [1.165, 1.54) is 6.07 Å². The number of carbonyl (C=O) groups excluding carboxylic acids is 1. The van der Waals surface area contributed by atoms with Gasteiger partial charge in [-0.05, 0) is 28.4 Å². The van der Waals surface area contributed by atoms with E-state index in [1.807, 2.05) is 6.92 Å². The third kappa shape index (κ3) is 2.04. The molecule has 0 saturated heterocycles. The van der Waals surface area contributed by atoms with E-state index in [0.29, 0.717) is 16.7 Å². The second kappa shape index (κ2) is 4.41. The summed E-state index contributed by atoms with van der Waals surface area (Å²) >= 11 is 3.12. The van der Waals surface area contributed by atoms with E-state index in [2.05, 4.69) is 26.6 Å². The quantitative estimate of drug-likeness (QED) is 0.833. The van der Waals surface area contributed by atoms with Crippen molar-refractivity contribution in [2.75, 3.05) is 17.2 Å². The number of fused-ring (bicyclic) bond motifs is 1. The van der Waals surface area contributed by atoms with Gasteiger partial charge in [0.1, 0.15) is 5.82 Å². The van der Waals surface area contributed by atoms with Crippen LogP contribution in [-0.4, -0.2) is 12.5 Å². The van der Waals surface area contributed by atoms with Crippen LogP contribution < -0.4 is 10.6 Å². The van der Waals surface area contributed by atoms with Gasteiger partial charge in [0.25, 0.3) is 0 Å². The molecule has 1 unspecified atom stereocenters. The Hall–Kier alpha value is -1.10. The van der Waals surface area contributed by atoms with E-state index in [0.717, 1.165) is 12.1 Å². The molecular formula is C11H12BrFN2O. The second-order valence-corrected chi connectivity index (χ2v) is 4.64. The number of anilines is 2. The largest absolute Gasteiger partial charge is 0.383 e. The van der Waals surface area contributed by atoms with Gasteiger partial charge in [-0.1, -0.05) is 6.92 Å². The zero-order valence-electron chi connectivity index (χ0n) is 8.81. The maximum Gasteiger partial charge on any atom is 0.229 e. The smallest absolute Gasteiger partial charge is 0.229 e. The minimum absolute atomic E-state index is 0.0597. The highest BCUT2D eigenvalue weighted by atomic mass is 79.9. The molecule has 1 aliphatic rings. The van der Waals surface area contributed by atoms with Crippen molar-refractivity contribution in [3.63, 3.8) is 0 Å². The lowest BCUT2D eigenvalue weighted by Gasteiger charge is -2.09. The van der Waals surface area contributed by atoms with Crippen LogP contribution in [0.5, 0.6) is 0 Å². The van der Waals surface area contributed by atoms with Gasteiger partial charge >= 0.3 is 0 Å². The molecule has 0 radical (unpaired) electrons. The standard InChI is InChI=1S/C11H12BrFN2O/c1-2-6-5-14-9-3-7(12)8(13)4-10(9)15-11(6)16/h3-4,6,14H,2,5H2,1H3,(H,15,16). The molecule has 1 aromatic carbocycles. The zero-order chi connectivity index (χ0) is 11.7. The van der Waals surface area contributed by atoms with E-state index in [9.17, 15) is 9.18 Å². The average molecular weight is 287 g/mol. The lowest BCUT2D eigenvalue weighted by atomic mass is 10.1. The van der Waals surface area contributed by atoms with Crippen LogP contribution in [0.3, 0.4) is 0 Å². The van der Waals surface area contributed by atoms with Crippen molar-refractivity contribution in [3.8, 4) is 0 Å². The van der Waals surface area contributed by atoms with E-state index in [1.54, 1.807) is 6.07 Å². The molecule has 0 fully saturated rings. The molecule has 0 bridgehead atoms. The van der Waals surface area contributed by atoms with Gasteiger partial charge in [-0.3, -0.25) is 4.79 Å². The van der Waals surface area contributed by atoms with Crippen molar-refractivity contribution >= 4 is 33.2 Å². The Morgan fingerprint density at radius 1 is 1.50 bits per heavy atom. The van der Waals surface area contributed by atoms with Crippen LogP contribution in [0.1, 0.15) is 13.3 Å². The highest BCUT2D eigenvalue weighted by molar-refractivity contribution is 9.10. The predicted molar refractivity (Wildman–Crippen MR) is 65.0 cm³/mol. The van der Waals surface area contributed by atoms with Crippen molar-refractivity contribution in [1.29, 1.82) is 0 Å². The molecule has 2 rings (SSSR count). The molecule has 2 N–H and O–H groups in total. The maximum atomic E-state index is 13.3. The summed E-state index contributed by atoms with van der Waals surface area (Å²) in [4.78, 5) is 11.7. The first kappa shape index (κ1) is 11.4. The number of hydrogen-bond donors (Lipinski definition) is 2. The normalized spacial score (nSPS) is 19.4. The van der Waals surface area contributed by atoms with Crippen molar-refractivity contribution in [3.05, 3.63) is 22.4 Å². The fraction of sp³-hybridized carbons (Fsp3) is 0.364. The van der Waals surface area contributed by atoms with Gasteiger partial charge in [0, 0.05) is 12.6 Å². The molecule has 0 aliphatic carbocycles. The maximum absolute atomic E-state index is 13.3. The van der Waals surface area contributed by atoms with Gasteiger partial charge in [0.2, 0.25) is 5.91 Å². The molecule has 16 heavy (non-hydrogen) atoms. The summed E-state index contributed by atoms with van der Waals surface area (Å²) in [6, 6.07) is 2.96. The summed E-state index contributed by atoms with van der Waals surface area (Å²) < 4.78 is 13.7. The Bertz CT molecular complexity index is 436. The molecule has 1 atom stereocenters. The molecule has 1 heterocycles. The van der Waals surface area contributed by atoms with E-state index >= 15 is 0 Å². The van der Waals surface area contributed by atoms with Gasteiger partial charge in [-0.2, -0.15) is 0 Å². The topological polar surface area (TPSA) is 41.1 Å². The number of halogens is 2. The molecule has 3 nitrogen and oxygen atoms in total. The van der Waals surface area contributed by atoms with Gasteiger partial charge in [-0.15, -0.1) is 0 Å². The van der Waals surface area contributed by atoms with Gasteiger partial charge < -0.3 is 10.6 Å². The lowest BCUT2D eigenvalue weighted by molar-refractivity contribution is -0.119. The fourth-order valence-corrected chi connectivity index (χ4v) is 2.03. The Morgan fingerprint density at radius 3 is 2.94 bits per heavy atom. The Labute approximate surface area is 102 Å². The highest BCUT2D eigenvalue weighted by Gasteiger charge is 2.22. The van der Waals surface area contributed by atoms with E-state index in [4.69, 9.17) is 0 Å². The van der Waals surface area contributed by atoms with Crippen LogP contribution >= 0.6 is 15.9 Å². The van der Waals surface area contributed by atoms with Crippen LogP contribution in [0, 0.1) is 11.7 Å². The second-order valence-electron chi connectivity index (χ2n) is 3.79. The van der Waals surface area contributed by atoms with Crippen molar-refractivity contribution in [2.24, 2.45) is 5.92 Å². The number of rotatable bonds is 1. The minimum atomic E-state index is -0.379. The van der Waals surface area contributed by atoms with E-state index < -0.39 is 0 Å². The molecule has 1 amide bonds. The van der Waals surface area contributed by atoms with E-state index in [-0.39, 0.29) is 17.6 Å². The number of nitrogens with one attached hydrogen (secondary N) is 2. The SMILES string of the molecule is CCC1CNc2cc(Br)c(F)cc2NC1=O. The summed E-state index contributed by atoms with van der Waals surface area (Å²) in [5.41, 5.74) is 1.25. The van der Waals surface area contributed by atoms with Crippen LogP contribution in [0.4, 0.5) is 15.8 Å². The average Bonchev–Trinajstić information content (AvgIpc) is 2.38. The molecule has 86 valence electrons. The Morgan fingerprint density at radius 2 is 2.25 bits per heavy atom. The minimum Gasteiger partial charge on any atom is -0.383 e. The Kier molecular flexibility index (Phi) is 3.14. The molecule has 5 heteroatoms. The van der Waals surface area contributed by atoms with Crippen LogP contribution in [0.25, 0.3) is 0 Å². The third-order valence-electron chi connectivity index (χ3n) is 2.72. The van der Waals surface area contributed by atoms with Gasteiger partial charge in [0.05, 0.1) is 21.8 Å². The first-order valence-corrected chi connectivity index (χ1v) is 5.95. The molecule has 1 aromatic rings. The number of amides is 1.